The highest BCUT2D eigenvalue weighted by Gasteiger charge is 2.21. The van der Waals surface area contributed by atoms with E-state index in [0.717, 1.165) is 21.5 Å². The number of para-hydroxylation sites is 1. The first-order valence-electron chi connectivity index (χ1n) is 9.12. The third-order valence-electron chi connectivity index (χ3n) is 4.69. The number of amides is 1. The molecule has 2 aromatic heterocycles. The van der Waals surface area contributed by atoms with Crippen molar-refractivity contribution in [3.63, 3.8) is 0 Å². The topological polar surface area (TPSA) is 85.1 Å². The van der Waals surface area contributed by atoms with Crippen molar-refractivity contribution in [2.24, 2.45) is 0 Å². The van der Waals surface area contributed by atoms with Crippen molar-refractivity contribution in [3.8, 4) is 0 Å². The number of thiophene rings is 1. The molecule has 0 radical (unpaired) electrons. The quantitative estimate of drug-likeness (QED) is 0.472. The van der Waals surface area contributed by atoms with E-state index in [1.54, 1.807) is 36.4 Å². The van der Waals surface area contributed by atoms with Crippen molar-refractivity contribution >= 4 is 44.6 Å². The van der Waals surface area contributed by atoms with Gasteiger partial charge in [-0.15, -0.1) is 11.3 Å². The summed E-state index contributed by atoms with van der Waals surface area (Å²) in [4.78, 5) is 31.5. The summed E-state index contributed by atoms with van der Waals surface area (Å²) in [7, 11) is 0. The highest BCUT2D eigenvalue weighted by atomic mass is 32.1. The largest absolute Gasteiger partial charge is 0.397 e. The fourth-order valence-corrected chi connectivity index (χ4v) is 4.46. The number of anilines is 2. The molecule has 0 saturated heterocycles. The van der Waals surface area contributed by atoms with Gasteiger partial charge in [0.05, 0.1) is 11.4 Å². The Kier molecular flexibility index (Phi) is 4.86. The molecule has 144 valence electrons. The zero-order chi connectivity index (χ0) is 20.5. The van der Waals surface area contributed by atoms with Gasteiger partial charge in [0.15, 0.2) is 5.78 Å². The Hall–Kier alpha value is -3.51. The van der Waals surface area contributed by atoms with Gasteiger partial charge >= 0.3 is 0 Å². The van der Waals surface area contributed by atoms with Gasteiger partial charge in [0, 0.05) is 22.2 Å². The summed E-state index contributed by atoms with van der Waals surface area (Å²) in [6.07, 6.45) is 0. The van der Waals surface area contributed by atoms with Gasteiger partial charge in [0.2, 0.25) is 0 Å². The molecular weight excluding hydrogens is 382 g/mol. The minimum Gasteiger partial charge on any atom is -0.397 e. The van der Waals surface area contributed by atoms with Crippen LogP contribution < -0.4 is 11.1 Å². The number of rotatable bonds is 4. The molecule has 0 aliphatic rings. The molecule has 3 N–H and O–H groups in total. The summed E-state index contributed by atoms with van der Waals surface area (Å²) in [5.74, 6) is -0.505. The number of nitrogens with one attached hydrogen (secondary N) is 1. The number of hydrogen-bond acceptors (Lipinski definition) is 5. The number of aryl methyl sites for hydroxylation is 2. The maximum atomic E-state index is 13.0. The van der Waals surface area contributed by atoms with Crippen molar-refractivity contribution < 1.29 is 9.59 Å². The van der Waals surface area contributed by atoms with Crippen LogP contribution in [0.15, 0.2) is 60.7 Å². The molecule has 0 atom stereocenters. The Balaban J connectivity index is 1.70. The first kappa shape index (κ1) is 18.8. The van der Waals surface area contributed by atoms with Crippen LogP contribution in [0.4, 0.5) is 11.4 Å². The number of carbonyl (C=O) groups excluding carboxylic acids is 2. The number of nitrogens with two attached hydrogens (primary N) is 1. The lowest BCUT2D eigenvalue weighted by atomic mass is 10.0. The fourth-order valence-electron chi connectivity index (χ4n) is 3.35. The van der Waals surface area contributed by atoms with Gasteiger partial charge in [0.25, 0.3) is 5.91 Å². The molecule has 0 unspecified atom stereocenters. The Labute approximate surface area is 172 Å². The van der Waals surface area contributed by atoms with E-state index in [-0.39, 0.29) is 11.7 Å². The predicted molar refractivity (Wildman–Crippen MR) is 118 cm³/mol. The molecule has 0 saturated carbocycles. The van der Waals surface area contributed by atoms with Gasteiger partial charge in [-0.25, -0.2) is 4.98 Å². The molecule has 2 heterocycles. The number of ketones is 1. The monoisotopic (exact) mass is 401 g/mol. The molecule has 1 amide bonds. The average molecular weight is 401 g/mol. The van der Waals surface area contributed by atoms with Gasteiger partial charge < -0.3 is 11.1 Å². The third kappa shape index (κ3) is 3.50. The second kappa shape index (κ2) is 7.48. The number of nitrogens with zero attached hydrogens (tertiary/aromatic N) is 1. The lowest BCUT2D eigenvalue weighted by Gasteiger charge is -2.10. The van der Waals surface area contributed by atoms with Crippen LogP contribution in [-0.4, -0.2) is 16.7 Å². The summed E-state index contributed by atoms with van der Waals surface area (Å²) in [6.45, 7) is 3.86. The summed E-state index contributed by atoms with van der Waals surface area (Å²) in [5, 5.41) is 3.66. The number of nitrogen functional groups attached to an aromatic ring is 1. The average Bonchev–Trinajstić information content (AvgIpc) is 3.05. The van der Waals surface area contributed by atoms with Crippen molar-refractivity contribution in [2.75, 3.05) is 11.1 Å². The van der Waals surface area contributed by atoms with Gasteiger partial charge in [-0.1, -0.05) is 42.5 Å². The van der Waals surface area contributed by atoms with E-state index in [2.05, 4.69) is 10.3 Å². The van der Waals surface area contributed by atoms with E-state index < -0.39 is 0 Å². The number of fused-ring (bicyclic) bond motifs is 1. The van der Waals surface area contributed by atoms with Gasteiger partial charge in [0.1, 0.15) is 9.71 Å². The minimum atomic E-state index is -0.351. The van der Waals surface area contributed by atoms with E-state index in [4.69, 9.17) is 5.73 Å². The molecule has 4 rings (SSSR count). The molecule has 5 nitrogen and oxygen atoms in total. The first-order chi connectivity index (χ1) is 14.0. The Morgan fingerprint density at radius 1 is 1.00 bits per heavy atom. The molecule has 6 heteroatoms. The minimum absolute atomic E-state index is 0.154. The van der Waals surface area contributed by atoms with Crippen LogP contribution in [-0.2, 0) is 0 Å². The molecule has 0 fully saturated rings. The second-order valence-electron chi connectivity index (χ2n) is 6.80. The SMILES string of the molecule is Cc1cc(C)c2c(N)c(C(=O)Nc3ccccc3C(=O)c3ccccc3)sc2n1. The zero-order valence-electron chi connectivity index (χ0n) is 16.0. The summed E-state index contributed by atoms with van der Waals surface area (Å²) in [5.41, 5.74) is 9.99. The highest BCUT2D eigenvalue weighted by molar-refractivity contribution is 7.21. The lowest BCUT2D eigenvalue weighted by molar-refractivity contribution is 0.103. The molecule has 4 aromatic rings. The lowest BCUT2D eigenvalue weighted by Crippen LogP contribution is -2.15. The molecule has 0 spiro atoms. The van der Waals surface area contributed by atoms with Gasteiger partial charge in [-0.2, -0.15) is 0 Å². The second-order valence-corrected chi connectivity index (χ2v) is 7.80. The van der Waals surface area contributed by atoms with Gasteiger partial charge in [-0.3, -0.25) is 9.59 Å². The Bertz CT molecular complexity index is 1250. The number of pyridine rings is 1. The zero-order valence-corrected chi connectivity index (χ0v) is 16.8. The summed E-state index contributed by atoms with van der Waals surface area (Å²) in [6, 6.07) is 17.9. The summed E-state index contributed by atoms with van der Waals surface area (Å²) < 4.78 is 0. The van der Waals surface area contributed by atoms with Crippen molar-refractivity contribution in [1.82, 2.24) is 4.98 Å². The van der Waals surface area contributed by atoms with E-state index in [1.807, 2.05) is 38.1 Å². The van der Waals surface area contributed by atoms with E-state index in [0.29, 0.717) is 27.4 Å². The van der Waals surface area contributed by atoms with Crippen LogP contribution in [0.2, 0.25) is 0 Å². The normalized spacial score (nSPS) is 10.8. The molecule has 2 aromatic carbocycles. The maximum Gasteiger partial charge on any atom is 0.267 e. The van der Waals surface area contributed by atoms with Gasteiger partial charge in [-0.05, 0) is 37.6 Å². The maximum absolute atomic E-state index is 13.0. The van der Waals surface area contributed by atoms with E-state index >= 15 is 0 Å². The van der Waals surface area contributed by atoms with Crippen molar-refractivity contribution in [3.05, 3.63) is 87.9 Å². The number of carbonyl (C=O) groups is 2. The van der Waals surface area contributed by atoms with Crippen LogP contribution in [0, 0.1) is 13.8 Å². The van der Waals surface area contributed by atoms with Crippen LogP contribution >= 0.6 is 11.3 Å². The van der Waals surface area contributed by atoms with Crippen LogP contribution in [0.3, 0.4) is 0 Å². The van der Waals surface area contributed by atoms with Crippen LogP contribution in [0.5, 0.6) is 0 Å². The predicted octanol–water partition coefficient (Wildman–Crippen LogP) is 4.98. The van der Waals surface area contributed by atoms with Crippen LogP contribution in [0.25, 0.3) is 10.2 Å². The number of hydrogen-bond donors (Lipinski definition) is 2. The Morgan fingerprint density at radius 2 is 1.69 bits per heavy atom. The van der Waals surface area contributed by atoms with Crippen molar-refractivity contribution in [2.45, 2.75) is 13.8 Å². The smallest absolute Gasteiger partial charge is 0.267 e. The van der Waals surface area contributed by atoms with E-state index in [9.17, 15) is 9.59 Å². The summed E-state index contributed by atoms with van der Waals surface area (Å²) >= 11 is 1.26. The van der Waals surface area contributed by atoms with E-state index in [1.165, 1.54) is 11.3 Å². The highest BCUT2D eigenvalue weighted by Crippen LogP contribution is 2.35. The molecular formula is C23H19N3O2S. The Morgan fingerprint density at radius 3 is 2.45 bits per heavy atom. The molecule has 0 bridgehead atoms. The van der Waals surface area contributed by atoms with Crippen LogP contribution in [0.1, 0.15) is 36.9 Å². The number of benzene rings is 2. The first-order valence-corrected chi connectivity index (χ1v) is 9.93. The van der Waals surface area contributed by atoms with Crippen molar-refractivity contribution in [1.29, 1.82) is 0 Å². The molecule has 29 heavy (non-hydrogen) atoms. The number of aromatic nitrogens is 1. The molecule has 0 aliphatic carbocycles. The standard InChI is InChI=1S/C23H19N3O2S/c1-13-12-14(2)25-23-18(13)19(24)21(29-23)22(28)26-17-11-7-6-10-16(17)20(27)15-8-4-3-5-9-15/h3-12H,24H2,1-2H3,(H,26,28). The fraction of sp³-hybridized carbons (Fsp3) is 0.0870. The molecule has 0 aliphatic heterocycles. The third-order valence-corrected chi connectivity index (χ3v) is 5.78.